The highest BCUT2D eigenvalue weighted by Crippen LogP contribution is 2.27. The van der Waals surface area contributed by atoms with Crippen LogP contribution in [0.3, 0.4) is 0 Å². The van der Waals surface area contributed by atoms with E-state index in [1.54, 1.807) is 0 Å². The summed E-state index contributed by atoms with van der Waals surface area (Å²) in [5.41, 5.74) is 2.09. The highest BCUT2D eigenvalue weighted by Gasteiger charge is 2.05. The third-order valence-corrected chi connectivity index (χ3v) is 2.63. The van der Waals surface area contributed by atoms with Crippen LogP contribution in [-0.2, 0) is 6.42 Å². The quantitative estimate of drug-likeness (QED) is 0.806. The second-order valence-electron chi connectivity index (χ2n) is 3.51. The number of halogens is 1. The van der Waals surface area contributed by atoms with Crippen molar-refractivity contribution in [2.24, 2.45) is 0 Å². The number of alkyl halides is 1. The van der Waals surface area contributed by atoms with Crippen LogP contribution in [0.4, 0.5) is 10.1 Å². The van der Waals surface area contributed by atoms with Crippen LogP contribution in [0, 0.1) is 0 Å². The Hall–Kier alpha value is -1.57. The van der Waals surface area contributed by atoms with Gasteiger partial charge in [0.05, 0.1) is 6.67 Å². The van der Waals surface area contributed by atoms with Gasteiger partial charge in [-0.05, 0) is 10.9 Å². The van der Waals surface area contributed by atoms with Crippen molar-refractivity contribution >= 4 is 16.5 Å². The second-order valence-corrected chi connectivity index (χ2v) is 3.51. The molecule has 2 aromatic carbocycles. The number of hydrogen-bond acceptors (Lipinski definition) is 1. The summed E-state index contributed by atoms with van der Waals surface area (Å²) in [5, 5.41) is 5.50. The Balaban J connectivity index is 2.64. The molecule has 0 aliphatic rings. The van der Waals surface area contributed by atoms with Crippen LogP contribution in [0.1, 0.15) is 5.56 Å². The predicted octanol–water partition coefficient (Wildman–Crippen LogP) is 3.39. The molecule has 2 heteroatoms. The average molecular weight is 203 g/mol. The lowest BCUT2D eigenvalue weighted by atomic mass is 10.0. The molecule has 0 unspecified atom stereocenters. The number of fused-ring (bicyclic) bond motifs is 1. The molecule has 0 radical (unpaired) electrons. The molecule has 0 aliphatic carbocycles. The maximum Gasteiger partial charge on any atom is 0.0935 e. The van der Waals surface area contributed by atoms with Crippen molar-refractivity contribution in [3.8, 4) is 0 Å². The van der Waals surface area contributed by atoms with Gasteiger partial charge in [0.25, 0.3) is 0 Å². The Bertz CT molecular complexity index is 465. The average Bonchev–Trinajstić information content (AvgIpc) is 2.29. The SMILES string of the molecule is CNc1c(CCF)ccc2ccccc12. The van der Waals surface area contributed by atoms with Gasteiger partial charge in [0.1, 0.15) is 0 Å². The van der Waals surface area contributed by atoms with Gasteiger partial charge in [-0.1, -0.05) is 36.4 Å². The van der Waals surface area contributed by atoms with E-state index in [4.69, 9.17) is 0 Å². The normalized spacial score (nSPS) is 10.5. The molecule has 0 saturated carbocycles. The molecular weight excluding hydrogens is 189 g/mol. The molecule has 2 aromatic rings. The van der Waals surface area contributed by atoms with Crippen molar-refractivity contribution in [3.05, 3.63) is 42.0 Å². The highest BCUT2D eigenvalue weighted by atomic mass is 19.1. The van der Waals surface area contributed by atoms with E-state index in [9.17, 15) is 4.39 Å². The van der Waals surface area contributed by atoms with Crippen molar-refractivity contribution in [2.75, 3.05) is 19.0 Å². The predicted molar refractivity (Wildman–Crippen MR) is 63.2 cm³/mol. The number of aryl methyl sites for hydroxylation is 1. The molecule has 0 atom stereocenters. The zero-order valence-corrected chi connectivity index (χ0v) is 8.76. The number of hydrogen-bond donors (Lipinski definition) is 1. The first-order valence-electron chi connectivity index (χ1n) is 5.11. The van der Waals surface area contributed by atoms with Gasteiger partial charge in [-0.3, -0.25) is 4.39 Å². The highest BCUT2D eigenvalue weighted by molar-refractivity contribution is 5.95. The summed E-state index contributed by atoms with van der Waals surface area (Å²) in [6.45, 7) is -0.312. The third kappa shape index (κ3) is 1.80. The Labute approximate surface area is 88.9 Å². The van der Waals surface area contributed by atoms with E-state index in [1.807, 2.05) is 31.3 Å². The third-order valence-electron chi connectivity index (χ3n) is 2.63. The summed E-state index contributed by atoms with van der Waals surface area (Å²) in [6, 6.07) is 12.2. The fraction of sp³-hybridized carbons (Fsp3) is 0.231. The van der Waals surface area contributed by atoms with Crippen LogP contribution >= 0.6 is 0 Å². The minimum absolute atomic E-state index is 0.312. The minimum Gasteiger partial charge on any atom is -0.387 e. The molecule has 0 aliphatic heterocycles. The first kappa shape index (κ1) is 9.97. The van der Waals surface area contributed by atoms with Gasteiger partial charge in [0.15, 0.2) is 0 Å². The van der Waals surface area contributed by atoms with Gasteiger partial charge < -0.3 is 5.32 Å². The maximum absolute atomic E-state index is 12.4. The summed E-state index contributed by atoms with van der Waals surface area (Å²) in [7, 11) is 1.88. The van der Waals surface area contributed by atoms with E-state index in [0.717, 1.165) is 16.6 Å². The number of rotatable bonds is 3. The topological polar surface area (TPSA) is 12.0 Å². The Kier molecular flexibility index (Phi) is 2.86. The lowest BCUT2D eigenvalue weighted by molar-refractivity contribution is 0.496. The van der Waals surface area contributed by atoms with E-state index < -0.39 is 0 Å². The van der Waals surface area contributed by atoms with Crippen molar-refractivity contribution in [1.29, 1.82) is 0 Å². The molecule has 1 N–H and O–H groups in total. The molecule has 0 saturated heterocycles. The first-order valence-corrected chi connectivity index (χ1v) is 5.11. The van der Waals surface area contributed by atoms with Crippen LogP contribution < -0.4 is 5.32 Å². The van der Waals surface area contributed by atoms with Crippen LogP contribution in [-0.4, -0.2) is 13.7 Å². The number of benzene rings is 2. The standard InChI is InChI=1S/C13H14FN/c1-15-13-11(8-9-14)7-6-10-4-2-3-5-12(10)13/h2-7,15H,8-9H2,1H3. The smallest absolute Gasteiger partial charge is 0.0935 e. The fourth-order valence-electron chi connectivity index (χ4n) is 1.92. The molecule has 0 heterocycles. The van der Waals surface area contributed by atoms with E-state index in [1.165, 1.54) is 5.39 Å². The van der Waals surface area contributed by atoms with Gasteiger partial charge in [-0.25, -0.2) is 0 Å². The number of nitrogens with one attached hydrogen (secondary N) is 1. The Morgan fingerprint density at radius 1 is 1.13 bits per heavy atom. The van der Waals surface area contributed by atoms with Gasteiger partial charge in [0.2, 0.25) is 0 Å². The molecular formula is C13H14FN. The molecule has 78 valence electrons. The lowest BCUT2D eigenvalue weighted by Crippen LogP contribution is -1.97. The molecule has 0 spiro atoms. The van der Waals surface area contributed by atoms with Gasteiger partial charge >= 0.3 is 0 Å². The summed E-state index contributed by atoms with van der Waals surface area (Å²) in [5.74, 6) is 0. The molecule has 0 bridgehead atoms. The van der Waals surface area contributed by atoms with Crippen molar-refractivity contribution in [2.45, 2.75) is 6.42 Å². The van der Waals surface area contributed by atoms with E-state index in [-0.39, 0.29) is 6.67 Å². The maximum atomic E-state index is 12.4. The van der Waals surface area contributed by atoms with Gasteiger partial charge in [0, 0.05) is 24.5 Å². The molecule has 0 fully saturated rings. The fourth-order valence-corrected chi connectivity index (χ4v) is 1.92. The zero-order chi connectivity index (χ0) is 10.7. The first-order chi connectivity index (χ1) is 7.36. The van der Waals surface area contributed by atoms with Gasteiger partial charge in [-0.15, -0.1) is 0 Å². The molecule has 0 amide bonds. The molecule has 15 heavy (non-hydrogen) atoms. The largest absolute Gasteiger partial charge is 0.387 e. The summed E-state index contributed by atoms with van der Waals surface area (Å²) in [6.07, 6.45) is 0.473. The zero-order valence-electron chi connectivity index (χ0n) is 8.76. The van der Waals surface area contributed by atoms with Crippen LogP contribution in [0.15, 0.2) is 36.4 Å². The van der Waals surface area contributed by atoms with Crippen LogP contribution in [0.5, 0.6) is 0 Å². The Morgan fingerprint density at radius 3 is 2.67 bits per heavy atom. The van der Waals surface area contributed by atoms with Crippen molar-refractivity contribution in [1.82, 2.24) is 0 Å². The molecule has 0 aromatic heterocycles. The van der Waals surface area contributed by atoms with Gasteiger partial charge in [-0.2, -0.15) is 0 Å². The second kappa shape index (κ2) is 4.30. The van der Waals surface area contributed by atoms with E-state index >= 15 is 0 Å². The van der Waals surface area contributed by atoms with Crippen molar-refractivity contribution < 1.29 is 4.39 Å². The van der Waals surface area contributed by atoms with Crippen LogP contribution in [0.25, 0.3) is 10.8 Å². The summed E-state index contributed by atoms with van der Waals surface area (Å²) >= 11 is 0. The lowest BCUT2D eigenvalue weighted by Gasteiger charge is -2.11. The molecule has 1 nitrogen and oxygen atoms in total. The summed E-state index contributed by atoms with van der Waals surface area (Å²) < 4.78 is 12.4. The Morgan fingerprint density at radius 2 is 1.93 bits per heavy atom. The van der Waals surface area contributed by atoms with E-state index in [2.05, 4.69) is 17.4 Å². The van der Waals surface area contributed by atoms with E-state index in [0.29, 0.717) is 6.42 Å². The monoisotopic (exact) mass is 203 g/mol. The minimum atomic E-state index is -0.312. The number of anilines is 1. The summed E-state index contributed by atoms with van der Waals surface area (Å²) in [4.78, 5) is 0. The molecule has 2 rings (SSSR count). The van der Waals surface area contributed by atoms with Crippen LogP contribution in [0.2, 0.25) is 0 Å². The van der Waals surface area contributed by atoms with Crippen molar-refractivity contribution in [3.63, 3.8) is 0 Å².